The number of rotatable bonds is 3. The van der Waals surface area contributed by atoms with Crippen LogP contribution in [0.1, 0.15) is 31.2 Å². The fraction of sp³-hybridized carbons (Fsp3) is 0.571. The zero-order valence-electron chi connectivity index (χ0n) is 10.6. The van der Waals surface area contributed by atoms with E-state index >= 15 is 0 Å². The van der Waals surface area contributed by atoms with E-state index in [2.05, 4.69) is 26.9 Å². The van der Waals surface area contributed by atoms with Gasteiger partial charge in [-0.1, -0.05) is 25.0 Å². The number of halogens is 1. The Morgan fingerprint density at radius 2 is 2.17 bits per heavy atom. The van der Waals surface area contributed by atoms with E-state index in [4.69, 9.17) is 5.73 Å². The Hall–Kier alpha value is -0.580. The van der Waals surface area contributed by atoms with Crippen LogP contribution in [0.3, 0.4) is 0 Å². The third-order valence-electron chi connectivity index (χ3n) is 3.69. The zero-order chi connectivity index (χ0) is 13.0. The minimum atomic E-state index is 0.250. The van der Waals surface area contributed by atoms with Gasteiger partial charge in [-0.25, -0.2) is 0 Å². The molecule has 1 fully saturated rings. The lowest BCUT2D eigenvalue weighted by Gasteiger charge is -2.29. The summed E-state index contributed by atoms with van der Waals surface area (Å²) in [4.78, 5) is 2.38. The van der Waals surface area contributed by atoms with Crippen LogP contribution in [0.5, 0.6) is 0 Å². The molecule has 0 radical (unpaired) electrons. The highest BCUT2D eigenvalue weighted by Gasteiger charge is 2.21. The van der Waals surface area contributed by atoms with Gasteiger partial charge in [0.2, 0.25) is 0 Å². The van der Waals surface area contributed by atoms with Gasteiger partial charge in [0.1, 0.15) is 0 Å². The Morgan fingerprint density at radius 3 is 2.94 bits per heavy atom. The first-order valence-corrected chi connectivity index (χ1v) is 7.39. The van der Waals surface area contributed by atoms with Crippen molar-refractivity contribution in [1.82, 2.24) is 4.90 Å². The number of anilines is 1. The summed E-state index contributed by atoms with van der Waals surface area (Å²) in [5, 5.41) is 9.51. The minimum absolute atomic E-state index is 0.250. The number of nitrogens with zero attached hydrogens (tertiary/aromatic N) is 1. The average molecular weight is 313 g/mol. The first-order valence-electron chi connectivity index (χ1n) is 6.60. The highest BCUT2D eigenvalue weighted by atomic mass is 79.9. The number of nitrogens with two attached hydrogens (primary N) is 1. The van der Waals surface area contributed by atoms with Gasteiger partial charge in [0.05, 0.1) is 6.61 Å². The SMILES string of the molecule is Nc1cccc(CN2CCCCCC2CO)c1Br. The molecular weight excluding hydrogens is 292 g/mol. The lowest BCUT2D eigenvalue weighted by atomic mass is 10.1. The summed E-state index contributed by atoms with van der Waals surface area (Å²) >= 11 is 3.55. The lowest BCUT2D eigenvalue weighted by Crippen LogP contribution is -2.37. The highest BCUT2D eigenvalue weighted by molar-refractivity contribution is 9.10. The number of hydrogen-bond acceptors (Lipinski definition) is 3. The van der Waals surface area contributed by atoms with E-state index in [9.17, 15) is 5.11 Å². The summed E-state index contributed by atoms with van der Waals surface area (Å²) in [6.07, 6.45) is 4.80. The van der Waals surface area contributed by atoms with E-state index in [1.165, 1.54) is 24.8 Å². The van der Waals surface area contributed by atoms with Gasteiger partial charge in [-0.2, -0.15) is 0 Å². The van der Waals surface area contributed by atoms with Crippen LogP contribution in [0.2, 0.25) is 0 Å². The highest BCUT2D eigenvalue weighted by Crippen LogP contribution is 2.27. The van der Waals surface area contributed by atoms with Crippen LogP contribution in [-0.4, -0.2) is 29.2 Å². The van der Waals surface area contributed by atoms with Crippen molar-refractivity contribution >= 4 is 21.6 Å². The summed E-state index contributed by atoms with van der Waals surface area (Å²) in [6, 6.07) is 6.28. The molecule has 0 saturated carbocycles. The van der Waals surface area contributed by atoms with E-state index < -0.39 is 0 Å². The van der Waals surface area contributed by atoms with Gasteiger partial charge in [-0.3, -0.25) is 4.90 Å². The van der Waals surface area contributed by atoms with Gasteiger partial charge < -0.3 is 10.8 Å². The largest absolute Gasteiger partial charge is 0.398 e. The maximum absolute atomic E-state index is 9.51. The molecule has 1 aromatic carbocycles. The molecule has 1 aliphatic heterocycles. The number of likely N-dealkylation sites (tertiary alicyclic amines) is 1. The van der Waals surface area contributed by atoms with Crippen molar-refractivity contribution < 1.29 is 5.11 Å². The predicted molar refractivity (Wildman–Crippen MR) is 78.3 cm³/mol. The van der Waals surface area contributed by atoms with E-state index in [0.717, 1.165) is 29.7 Å². The molecule has 0 bridgehead atoms. The average Bonchev–Trinajstić information content (AvgIpc) is 2.60. The van der Waals surface area contributed by atoms with Crippen molar-refractivity contribution in [3.05, 3.63) is 28.2 Å². The summed E-state index contributed by atoms with van der Waals surface area (Å²) in [6.45, 7) is 2.17. The van der Waals surface area contributed by atoms with Crippen LogP contribution in [0.25, 0.3) is 0 Å². The Bertz CT molecular complexity index is 397. The van der Waals surface area contributed by atoms with Gasteiger partial charge in [0.25, 0.3) is 0 Å². The van der Waals surface area contributed by atoms with Crippen molar-refractivity contribution in [1.29, 1.82) is 0 Å². The van der Waals surface area contributed by atoms with Crippen molar-refractivity contribution in [2.24, 2.45) is 0 Å². The van der Waals surface area contributed by atoms with Crippen LogP contribution in [0.15, 0.2) is 22.7 Å². The monoisotopic (exact) mass is 312 g/mol. The van der Waals surface area contributed by atoms with Gasteiger partial charge in [-0.05, 0) is 46.9 Å². The second-order valence-electron chi connectivity index (χ2n) is 4.98. The summed E-state index contributed by atoms with van der Waals surface area (Å²) in [5.41, 5.74) is 7.89. The van der Waals surface area contributed by atoms with Gasteiger partial charge in [-0.15, -0.1) is 0 Å². The van der Waals surface area contributed by atoms with Crippen molar-refractivity contribution in [3.63, 3.8) is 0 Å². The Morgan fingerprint density at radius 1 is 1.33 bits per heavy atom. The molecule has 0 aromatic heterocycles. The maximum atomic E-state index is 9.51. The molecule has 0 amide bonds. The Labute approximate surface area is 117 Å². The molecule has 1 heterocycles. The molecule has 1 saturated heterocycles. The quantitative estimate of drug-likeness (QED) is 0.844. The molecule has 1 atom stereocenters. The van der Waals surface area contributed by atoms with Crippen LogP contribution >= 0.6 is 15.9 Å². The van der Waals surface area contributed by atoms with E-state index in [1.807, 2.05) is 12.1 Å². The van der Waals surface area contributed by atoms with E-state index in [1.54, 1.807) is 0 Å². The smallest absolute Gasteiger partial charge is 0.0586 e. The molecular formula is C14H21BrN2O. The topological polar surface area (TPSA) is 49.5 Å². The second kappa shape index (κ2) is 6.55. The summed E-state index contributed by atoms with van der Waals surface area (Å²) in [7, 11) is 0. The van der Waals surface area contributed by atoms with Crippen LogP contribution in [-0.2, 0) is 6.54 Å². The van der Waals surface area contributed by atoms with Crippen molar-refractivity contribution in [3.8, 4) is 0 Å². The Balaban J connectivity index is 2.12. The molecule has 1 aliphatic rings. The van der Waals surface area contributed by atoms with Gasteiger partial charge in [0, 0.05) is 22.7 Å². The predicted octanol–water partition coefficient (Wildman–Crippen LogP) is 2.77. The van der Waals surface area contributed by atoms with Crippen LogP contribution in [0, 0.1) is 0 Å². The third-order valence-corrected chi connectivity index (χ3v) is 4.66. The van der Waals surface area contributed by atoms with Gasteiger partial charge >= 0.3 is 0 Å². The molecule has 4 heteroatoms. The molecule has 0 spiro atoms. The van der Waals surface area contributed by atoms with Gasteiger partial charge in [0.15, 0.2) is 0 Å². The maximum Gasteiger partial charge on any atom is 0.0586 e. The van der Waals surface area contributed by atoms with E-state index in [-0.39, 0.29) is 6.61 Å². The molecule has 100 valence electrons. The van der Waals surface area contributed by atoms with Crippen molar-refractivity contribution in [2.45, 2.75) is 38.3 Å². The number of benzene rings is 1. The number of hydrogen-bond donors (Lipinski definition) is 2. The Kier molecular flexibility index (Phi) is 5.03. The first kappa shape index (κ1) is 13.8. The number of aliphatic hydroxyl groups is 1. The molecule has 2 rings (SSSR count). The second-order valence-corrected chi connectivity index (χ2v) is 5.77. The lowest BCUT2D eigenvalue weighted by molar-refractivity contribution is 0.118. The normalized spacial score (nSPS) is 21.8. The van der Waals surface area contributed by atoms with Crippen LogP contribution < -0.4 is 5.73 Å². The summed E-state index contributed by atoms with van der Waals surface area (Å²) in [5.74, 6) is 0. The molecule has 0 aliphatic carbocycles. The first-order chi connectivity index (χ1) is 8.72. The minimum Gasteiger partial charge on any atom is -0.398 e. The number of aliphatic hydroxyl groups excluding tert-OH is 1. The molecule has 1 unspecified atom stereocenters. The standard InChI is InChI=1S/C14H21BrN2O/c15-14-11(5-4-7-13(14)16)9-17-8-3-1-2-6-12(17)10-18/h4-5,7,12,18H,1-3,6,8-10,16H2. The molecule has 3 N–H and O–H groups in total. The van der Waals surface area contributed by atoms with Crippen LogP contribution in [0.4, 0.5) is 5.69 Å². The zero-order valence-corrected chi connectivity index (χ0v) is 12.2. The molecule has 3 nitrogen and oxygen atoms in total. The molecule has 18 heavy (non-hydrogen) atoms. The van der Waals surface area contributed by atoms with E-state index in [0.29, 0.717) is 6.04 Å². The summed E-state index contributed by atoms with van der Waals surface area (Å²) < 4.78 is 0.992. The third kappa shape index (κ3) is 3.25. The van der Waals surface area contributed by atoms with Crippen molar-refractivity contribution in [2.75, 3.05) is 18.9 Å². The fourth-order valence-corrected chi connectivity index (χ4v) is 2.98. The fourth-order valence-electron chi connectivity index (χ4n) is 2.59. The molecule has 1 aromatic rings. The number of nitrogen functional groups attached to an aromatic ring is 1.